The molecule has 0 spiro atoms. The number of rotatable bonds is 1. The number of fused-ring (bicyclic) bond motifs is 1. The summed E-state index contributed by atoms with van der Waals surface area (Å²) in [5.41, 5.74) is 1.61. The van der Waals surface area contributed by atoms with Crippen molar-refractivity contribution < 1.29 is 14.4 Å². The molecular weight excluding hydrogens is 282 g/mol. The Morgan fingerprint density at radius 2 is 1.89 bits per heavy atom. The van der Waals surface area contributed by atoms with Gasteiger partial charge in [-0.2, -0.15) is 0 Å². The molecule has 0 unspecified atom stereocenters. The van der Waals surface area contributed by atoms with Crippen molar-refractivity contribution in [1.29, 1.82) is 0 Å². The van der Waals surface area contributed by atoms with Gasteiger partial charge in [-0.25, -0.2) is 0 Å². The van der Waals surface area contributed by atoms with Crippen LogP contribution in [-0.2, 0) is 4.79 Å². The normalized spacial score (nSPS) is 20.1. The molecule has 1 aromatic carbocycles. The van der Waals surface area contributed by atoms with E-state index in [1.807, 2.05) is 0 Å². The molecule has 1 saturated heterocycles. The minimum Gasteiger partial charge on any atom is -0.307 e. The van der Waals surface area contributed by atoms with E-state index < -0.39 is 0 Å². The highest BCUT2D eigenvalue weighted by atomic mass is 32.2. The molecule has 2 aliphatic rings. The first-order valence-corrected chi connectivity index (χ1v) is 6.72. The van der Waals surface area contributed by atoms with Gasteiger partial charge in [-0.15, -0.1) is 0 Å². The summed E-state index contributed by atoms with van der Waals surface area (Å²) in [5, 5.41) is 2.52. The van der Waals surface area contributed by atoms with Crippen LogP contribution in [0, 0.1) is 0 Å². The first-order valence-electron chi connectivity index (χ1n) is 5.50. The number of thiocarbonyl (C=S) groups is 1. The maximum Gasteiger partial charge on any atom is 0.263 e. The highest BCUT2D eigenvalue weighted by Gasteiger charge is 2.27. The fourth-order valence-electron chi connectivity index (χ4n) is 2.03. The van der Waals surface area contributed by atoms with E-state index in [0.717, 1.165) is 0 Å². The van der Waals surface area contributed by atoms with Crippen LogP contribution >= 0.6 is 24.0 Å². The molecule has 1 aromatic rings. The van der Waals surface area contributed by atoms with Crippen molar-refractivity contribution in [1.82, 2.24) is 5.32 Å². The number of nitrogens with one attached hydrogen (secondary N) is 1. The Kier molecular flexibility index (Phi) is 2.83. The lowest BCUT2D eigenvalue weighted by molar-refractivity contribution is -0.115. The SMILES string of the molecule is O=C1NC(=S)S/C1=C\c1ccc2c(c1)C(=O)CC2=O. The smallest absolute Gasteiger partial charge is 0.263 e. The summed E-state index contributed by atoms with van der Waals surface area (Å²) in [7, 11) is 0. The highest BCUT2D eigenvalue weighted by molar-refractivity contribution is 8.26. The van der Waals surface area contributed by atoms with Gasteiger partial charge in [0, 0.05) is 11.1 Å². The van der Waals surface area contributed by atoms with E-state index >= 15 is 0 Å². The van der Waals surface area contributed by atoms with E-state index in [4.69, 9.17) is 12.2 Å². The number of amides is 1. The van der Waals surface area contributed by atoms with Crippen LogP contribution in [-0.4, -0.2) is 21.8 Å². The molecule has 94 valence electrons. The van der Waals surface area contributed by atoms with Crippen LogP contribution in [0.25, 0.3) is 6.08 Å². The Balaban J connectivity index is 2.00. The van der Waals surface area contributed by atoms with Crippen LogP contribution < -0.4 is 5.32 Å². The Morgan fingerprint density at radius 3 is 2.58 bits per heavy atom. The Bertz CT molecular complexity index is 691. The molecule has 0 atom stereocenters. The Labute approximate surface area is 118 Å². The first kappa shape index (κ1) is 12.3. The number of benzene rings is 1. The Morgan fingerprint density at radius 1 is 1.16 bits per heavy atom. The first-order chi connectivity index (χ1) is 9.04. The molecule has 4 nitrogen and oxygen atoms in total. The molecule has 3 rings (SSSR count). The number of carbonyl (C=O) groups is 3. The minimum atomic E-state index is -0.238. The van der Waals surface area contributed by atoms with Crippen LogP contribution in [0.3, 0.4) is 0 Å². The number of hydrogen-bond acceptors (Lipinski definition) is 5. The van der Waals surface area contributed by atoms with Crippen LogP contribution in [0.2, 0.25) is 0 Å². The summed E-state index contributed by atoms with van der Waals surface area (Å²) in [6.45, 7) is 0. The van der Waals surface area contributed by atoms with Gasteiger partial charge in [0.05, 0.1) is 11.3 Å². The van der Waals surface area contributed by atoms with E-state index in [0.29, 0.717) is 25.9 Å². The van der Waals surface area contributed by atoms with Gasteiger partial charge in [0.25, 0.3) is 5.91 Å². The van der Waals surface area contributed by atoms with Crippen molar-refractivity contribution in [2.75, 3.05) is 0 Å². The van der Waals surface area contributed by atoms with Gasteiger partial charge in [0.1, 0.15) is 4.32 Å². The molecule has 1 aliphatic heterocycles. The third-order valence-corrected chi connectivity index (χ3v) is 4.07. The number of hydrogen-bond donors (Lipinski definition) is 1. The van der Waals surface area contributed by atoms with Crippen molar-refractivity contribution >= 4 is 51.8 Å². The van der Waals surface area contributed by atoms with E-state index in [-0.39, 0.29) is 23.9 Å². The van der Waals surface area contributed by atoms with Gasteiger partial charge in [-0.1, -0.05) is 36.1 Å². The number of carbonyl (C=O) groups excluding carboxylic acids is 3. The molecule has 1 amide bonds. The second-order valence-corrected chi connectivity index (χ2v) is 5.90. The van der Waals surface area contributed by atoms with Crippen molar-refractivity contribution in [2.45, 2.75) is 6.42 Å². The largest absolute Gasteiger partial charge is 0.307 e. The van der Waals surface area contributed by atoms with Crippen LogP contribution in [0.1, 0.15) is 32.7 Å². The summed E-state index contributed by atoms with van der Waals surface area (Å²) in [4.78, 5) is 35.2. The highest BCUT2D eigenvalue weighted by Crippen LogP contribution is 2.28. The van der Waals surface area contributed by atoms with Gasteiger partial charge < -0.3 is 5.32 Å². The average Bonchev–Trinajstić information content (AvgIpc) is 2.81. The van der Waals surface area contributed by atoms with Crippen LogP contribution in [0.15, 0.2) is 23.1 Å². The quantitative estimate of drug-likeness (QED) is 0.486. The third kappa shape index (κ3) is 2.13. The zero-order chi connectivity index (χ0) is 13.6. The molecule has 0 aromatic heterocycles. The zero-order valence-corrected chi connectivity index (χ0v) is 11.2. The van der Waals surface area contributed by atoms with Gasteiger partial charge in [-0.3, -0.25) is 14.4 Å². The van der Waals surface area contributed by atoms with E-state index in [1.165, 1.54) is 11.8 Å². The van der Waals surface area contributed by atoms with Gasteiger partial charge in [-0.05, 0) is 17.7 Å². The summed E-state index contributed by atoms with van der Waals surface area (Å²) in [6.07, 6.45) is 1.60. The summed E-state index contributed by atoms with van der Waals surface area (Å²) in [5.74, 6) is -0.550. The van der Waals surface area contributed by atoms with E-state index in [1.54, 1.807) is 24.3 Å². The van der Waals surface area contributed by atoms with E-state index in [9.17, 15) is 14.4 Å². The lowest BCUT2D eigenvalue weighted by atomic mass is 10.1. The Hall–Kier alpha value is -1.79. The van der Waals surface area contributed by atoms with Crippen molar-refractivity contribution in [3.63, 3.8) is 0 Å². The number of ketones is 2. The molecule has 0 radical (unpaired) electrons. The standard InChI is InChI=1S/C13H7NO3S2/c15-9-5-10(16)8-3-6(1-2-7(8)9)4-11-12(17)14-13(18)19-11/h1-4H,5H2,(H,14,17,18)/b11-4-. The second-order valence-electron chi connectivity index (χ2n) is 4.18. The maximum atomic E-state index is 11.6. The zero-order valence-electron chi connectivity index (χ0n) is 9.56. The lowest BCUT2D eigenvalue weighted by Crippen LogP contribution is -2.17. The molecule has 19 heavy (non-hydrogen) atoms. The molecule has 0 bridgehead atoms. The fraction of sp³-hybridized carbons (Fsp3) is 0.0769. The molecule has 1 fully saturated rings. The number of Topliss-reactive ketones (excluding diaryl/α,β-unsaturated/α-hetero) is 2. The van der Waals surface area contributed by atoms with Crippen LogP contribution in [0.4, 0.5) is 0 Å². The molecular formula is C13H7NO3S2. The third-order valence-electron chi connectivity index (χ3n) is 2.91. The van der Waals surface area contributed by atoms with Gasteiger partial charge in [0.2, 0.25) is 0 Å². The predicted octanol–water partition coefficient (Wildman–Crippen LogP) is 1.94. The van der Waals surface area contributed by atoms with Crippen molar-refractivity contribution in [3.8, 4) is 0 Å². The monoisotopic (exact) mass is 289 g/mol. The molecule has 0 saturated carbocycles. The minimum absolute atomic E-state index is 0.0608. The lowest BCUT2D eigenvalue weighted by Gasteiger charge is -1.99. The molecule has 6 heteroatoms. The predicted molar refractivity (Wildman–Crippen MR) is 76.0 cm³/mol. The molecule has 1 aliphatic carbocycles. The molecule has 1 heterocycles. The van der Waals surface area contributed by atoms with Crippen molar-refractivity contribution in [2.24, 2.45) is 0 Å². The summed E-state index contributed by atoms with van der Waals surface area (Å²) < 4.78 is 0.420. The van der Waals surface area contributed by atoms with Crippen LogP contribution in [0.5, 0.6) is 0 Å². The molecule has 1 N–H and O–H groups in total. The van der Waals surface area contributed by atoms with Gasteiger partial charge in [0.15, 0.2) is 11.6 Å². The topological polar surface area (TPSA) is 63.2 Å². The average molecular weight is 289 g/mol. The van der Waals surface area contributed by atoms with Crippen molar-refractivity contribution in [3.05, 3.63) is 39.8 Å². The summed E-state index contributed by atoms with van der Waals surface area (Å²) >= 11 is 6.08. The summed E-state index contributed by atoms with van der Waals surface area (Å²) in [6, 6.07) is 4.99. The fourth-order valence-corrected chi connectivity index (χ4v) is 3.08. The van der Waals surface area contributed by atoms with E-state index in [2.05, 4.69) is 5.32 Å². The number of thioether (sulfide) groups is 1. The van der Waals surface area contributed by atoms with Gasteiger partial charge >= 0.3 is 0 Å². The maximum absolute atomic E-state index is 11.6. The second kappa shape index (κ2) is 4.40.